The maximum absolute atomic E-state index is 12.0. The molecule has 1 fully saturated rings. The summed E-state index contributed by atoms with van der Waals surface area (Å²) < 4.78 is 5.19. The van der Waals surface area contributed by atoms with Crippen molar-refractivity contribution >= 4 is 35.2 Å². The van der Waals surface area contributed by atoms with E-state index in [-0.39, 0.29) is 24.3 Å². The third-order valence-electron chi connectivity index (χ3n) is 3.77. The fourth-order valence-electron chi connectivity index (χ4n) is 2.48. The van der Waals surface area contributed by atoms with Gasteiger partial charge in [0.25, 0.3) is 5.91 Å². The molecule has 6 heteroatoms. The van der Waals surface area contributed by atoms with Crippen molar-refractivity contribution in [1.82, 2.24) is 5.32 Å². The van der Waals surface area contributed by atoms with Crippen molar-refractivity contribution in [3.8, 4) is 0 Å². The number of thioether (sulfide) groups is 1. The van der Waals surface area contributed by atoms with Gasteiger partial charge in [0.1, 0.15) is 0 Å². The zero-order chi connectivity index (χ0) is 16.7. The number of hydrogen-bond donors (Lipinski definition) is 1. The van der Waals surface area contributed by atoms with E-state index in [0.717, 1.165) is 30.6 Å². The number of halogens is 1. The Kier molecular flexibility index (Phi) is 7.24. The Labute approximate surface area is 146 Å². The van der Waals surface area contributed by atoms with Crippen molar-refractivity contribution in [2.75, 3.05) is 5.75 Å². The summed E-state index contributed by atoms with van der Waals surface area (Å²) in [5.74, 6) is 0.0633. The summed E-state index contributed by atoms with van der Waals surface area (Å²) >= 11 is 7.38. The SMILES string of the molecule is C[C@@H](OC(=O)CCSc1ccc(Cl)cc1)C(=O)NC1CCCC1. The Balaban J connectivity index is 1.65. The third-order valence-corrected chi connectivity index (χ3v) is 5.03. The van der Waals surface area contributed by atoms with Crippen LogP contribution in [0.2, 0.25) is 5.02 Å². The molecule has 1 aliphatic rings. The molecule has 0 radical (unpaired) electrons. The quantitative estimate of drug-likeness (QED) is 0.597. The molecule has 0 bridgehead atoms. The van der Waals surface area contributed by atoms with Crippen LogP contribution >= 0.6 is 23.4 Å². The van der Waals surface area contributed by atoms with Crippen LogP contribution in [0.1, 0.15) is 39.0 Å². The van der Waals surface area contributed by atoms with E-state index in [0.29, 0.717) is 10.8 Å². The highest BCUT2D eigenvalue weighted by molar-refractivity contribution is 7.99. The van der Waals surface area contributed by atoms with Crippen molar-refractivity contribution in [2.24, 2.45) is 0 Å². The molecule has 1 saturated carbocycles. The van der Waals surface area contributed by atoms with Gasteiger partial charge in [-0.3, -0.25) is 9.59 Å². The highest BCUT2D eigenvalue weighted by Gasteiger charge is 2.22. The standard InChI is InChI=1S/C17H22ClNO3S/c1-12(17(21)19-14-4-2-3-5-14)22-16(20)10-11-23-15-8-6-13(18)7-9-15/h6-9,12,14H,2-5,10-11H2,1H3,(H,19,21)/t12-/m1/s1. The van der Waals surface area contributed by atoms with E-state index in [4.69, 9.17) is 16.3 Å². The normalized spacial score (nSPS) is 16.1. The summed E-state index contributed by atoms with van der Waals surface area (Å²) in [7, 11) is 0. The second kappa shape index (κ2) is 9.18. The van der Waals surface area contributed by atoms with Gasteiger partial charge < -0.3 is 10.1 Å². The van der Waals surface area contributed by atoms with E-state index >= 15 is 0 Å². The lowest BCUT2D eigenvalue weighted by atomic mass is 10.2. The number of nitrogens with one attached hydrogen (secondary N) is 1. The molecule has 126 valence electrons. The molecule has 0 aliphatic heterocycles. The molecule has 0 saturated heterocycles. The number of ether oxygens (including phenoxy) is 1. The third kappa shape index (κ3) is 6.43. The van der Waals surface area contributed by atoms with Crippen LogP contribution in [0.3, 0.4) is 0 Å². The first kappa shape index (κ1) is 18.1. The van der Waals surface area contributed by atoms with Crippen LogP contribution in [-0.2, 0) is 14.3 Å². The van der Waals surface area contributed by atoms with Gasteiger partial charge in [-0.05, 0) is 44.0 Å². The summed E-state index contributed by atoms with van der Waals surface area (Å²) in [5, 5.41) is 3.63. The summed E-state index contributed by atoms with van der Waals surface area (Å²) in [4.78, 5) is 24.8. The minimum atomic E-state index is -0.733. The van der Waals surface area contributed by atoms with Crippen LogP contribution in [0.25, 0.3) is 0 Å². The van der Waals surface area contributed by atoms with Crippen LogP contribution < -0.4 is 5.32 Å². The number of rotatable bonds is 7. The molecule has 0 heterocycles. The van der Waals surface area contributed by atoms with E-state index in [1.165, 1.54) is 0 Å². The lowest BCUT2D eigenvalue weighted by molar-refractivity contribution is -0.154. The Morgan fingerprint density at radius 2 is 1.96 bits per heavy atom. The van der Waals surface area contributed by atoms with Crippen LogP contribution in [-0.4, -0.2) is 29.8 Å². The van der Waals surface area contributed by atoms with E-state index in [2.05, 4.69) is 5.32 Å². The molecule has 23 heavy (non-hydrogen) atoms. The van der Waals surface area contributed by atoms with Gasteiger partial charge >= 0.3 is 5.97 Å². The predicted molar refractivity (Wildman–Crippen MR) is 92.7 cm³/mol. The summed E-state index contributed by atoms with van der Waals surface area (Å²) in [6, 6.07) is 7.70. The molecule has 1 amide bonds. The van der Waals surface area contributed by atoms with Crippen LogP contribution in [0, 0.1) is 0 Å². The average molecular weight is 356 g/mol. The fourth-order valence-corrected chi connectivity index (χ4v) is 3.44. The van der Waals surface area contributed by atoms with E-state index < -0.39 is 6.10 Å². The second-order valence-electron chi connectivity index (χ2n) is 5.67. The first-order valence-electron chi connectivity index (χ1n) is 7.93. The Morgan fingerprint density at radius 3 is 2.61 bits per heavy atom. The molecule has 0 unspecified atom stereocenters. The van der Waals surface area contributed by atoms with Gasteiger partial charge in [-0.25, -0.2) is 0 Å². The lowest BCUT2D eigenvalue weighted by Crippen LogP contribution is -2.40. The van der Waals surface area contributed by atoms with Crippen LogP contribution in [0.5, 0.6) is 0 Å². The number of esters is 1. The van der Waals surface area contributed by atoms with Gasteiger partial charge in [-0.1, -0.05) is 24.4 Å². The molecular formula is C17H22ClNO3S. The maximum atomic E-state index is 12.0. The van der Waals surface area contributed by atoms with Crippen molar-refractivity contribution in [3.05, 3.63) is 29.3 Å². The molecule has 1 aliphatic carbocycles. The maximum Gasteiger partial charge on any atom is 0.307 e. The summed E-state index contributed by atoms with van der Waals surface area (Å²) in [6.45, 7) is 1.62. The summed E-state index contributed by atoms with van der Waals surface area (Å²) in [6.07, 6.45) is 3.88. The zero-order valence-corrected chi connectivity index (χ0v) is 14.8. The molecule has 4 nitrogen and oxygen atoms in total. The van der Waals surface area contributed by atoms with Gasteiger partial charge in [-0.2, -0.15) is 0 Å². The van der Waals surface area contributed by atoms with Gasteiger partial charge in [0, 0.05) is 21.7 Å². The molecule has 1 atom stereocenters. The number of amides is 1. The minimum absolute atomic E-state index is 0.199. The minimum Gasteiger partial charge on any atom is -0.453 e. The highest BCUT2D eigenvalue weighted by atomic mass is 35.5. The Morgan fingerprint density at radius 1 is 1.30 bits per heavy atom. The molecule has 1 aromatic carbocycles. The van der Waals surface area contributed by atoms with Gasteiger partial charge in [0.05, 0.1) is 6.42 Å². The van der Waals surface area contributed by atoms with Crippen LogP contribution in [0.4, 0.5) is 0 Å². The van der Waals surface area contributed by atoms with Crippen molar-refractivity contribution in [3.63, 3.8) is 0 Å². The molecule has 1 N–H and O–H groups in total. The zero-order valence-electron chi connectivity index (χ0n) is 13.2. The van der Waals surface area contributed by atoms with Crippen molar-refractivity contribution in [2.45, 2.75) is 56.1 Å². The second-order valence-corrected chi connectivity index (χ2v) is 7.28. The van der Waals surface area contributed by atoms with Gasteiger partial charge in [0.2, 0.25) is 0 Å². The first-order valence-corrected chi connectivity index (χ1v) is 9.29. The van der Waals surface area contributed by atoms with E-state index in [1.807, 2.05) is 24.3 Å². The average Bonchev–Trinajstić information content (AvgIpc) is 3.02. The Bertz CT molecular complexity index is 529. The van der Waals surface area contributed by atoms with Crippen LogP contribution in [0.15, 0.2) is 29.2 Å². The predicted octanol–water partition coefficient (Wildman–Crippen LogP) is 3.81. The van der Waals surface area contributed by atoms with E-state index in [9.17, 15) is 9.59 Å². The number of carbonyl (C=O) groups is 2. The van der Waals surface area contributed by atoms with Gasteiger partial charge in [-0.15, -0.1) is 11.8 Å². The molecular weight excluding hydrogens is 334 g/mol. The molecule has 0 spiro atoms. The van der Waals surface area contributed by atoms with E-state index in [1.54, 1.807) is 18.7 Å². The largest absolute Gasteiger partial charge is 0.453 e. The highest BCUT2D eigenvalue weighted by Crippen LogP contribution is 2.21. The molecule has 1 aromatic rings. The topological polar surface area (TPSA) is 55.4 Å². The lowest BCUT2D eigenvalue weighted by Gasteiger charge is -2.17. The smallest absolute Gasteiger partial charge is 0.307 e. The monoisotopic (exact) mass is 355 g/mol. The molecule has 0 aromatic heterocycles. The number of hydrogen-bond acceptors (Lipinski definition) is 4. The Hall–Kier alpha value is -1.20. The summed E-state index contributed by atoms with van der Waals surface area (Å²) in [5.41, 5.74) is 0. The van der Waals surface area contributed by atoms with Crippen molar-refractivity contribution in [1.29, 1.82) is 0 Å². The van der Waals surface area contributed by atoms with Crippen molar-refractivity contribution < 1.29 is 14.3 Å². The first-order chi connectivity index (χ1) is 11.0. The van der Waals surface area contributed by atoms with Gasteiger partial charge in [0.15, 0.2) is 6.10 Å². The number of benzene rings is 1. The number of carbonyl (C=O) groups excluding carboxylic acids is 2. The fraction of sp³-hybridized carbons (Fsp3) is 0.529. The molecule has 2 rings (SSSR count).